The molecule has 1 aliphatic heterocycles. The summed E-state index contributed by atoms with van der Waals surface area (Å²) in [5.41, 5.74) is 3.92. The molecule has 7 nitrogen and oxygen atoms in total. The number of fused-ring (bicyclic) bond motifs is 1. The van der Waals surface area contributed by atoms with Crippen LogP contribution in [0.1, 0.15) is 0 Å². The van der Waals surface area contributed by atoms with Crippen LogP contribution < -0.4 is 20.3 Å². The molecular formula is C28H31FN6O. The maximum Gasteiger partial charge on any atom is 0.227 e. The summed E-state index contributed by atoms with van der Waals surface area (Å²) >= 11 is 0. The molecule has 1 aromatic heterocycles. The number of rotatable bonds is 8. The minimum atomic E-state index is -0.320. The summed E-state index contributed by atoms with van der Waals surface area (Å²) in [5.74, 6) is 0.769. The van der Waals surface area contributed by atoms with Gasteiger partial charge in [-0.2, -0.15) is 0 Å². The van der Waals surface area contributed by atoms with Gasteiger partial charge >= 0.3 is 0 Å². The summed E-state index contributed by atoms with van der Waals surface area (Å²) in [6.07, 6.45) is 1.76. The third-order valence-corrected chi connectivity index (χ3v) is 6.25. The molecule has 1 aliphatic rings. The van der Waals surface area contributed by atoms with E-state index in [-0.39, 0.29) is 5.82 Å². The fraction of sp³-hybridized carbons (Fsp3) is 0.286. The number of ether oxygens (including phenoxy) is 1. The van der Waals surface area contributed by atoms with Crippen molar-refractivity contribution in [3.05, 3.63) is 72.7 Å². The number of piperazine rings is 1. The molecule has 0 unspecified atom stereocenters. The van der Waals surface area contributed by atoms with Crippen molar-refractivity contribution in [2.75, 3.05) is 63.6 Å². The van der Waals surface area contributed by atoms with E-state index in [2.05, 4.69) is 32.7 Å². The highest BCUT2D eigenvalue weighted by Gasteiger charge is 2.14. The van der Waals surface area contributed by atoms with Crippen LogP contribution in [0.25, 0.3) is 22.0 Å². The summed E-state index contributed by atoms with van der Waals surface area (Å²) in [5, 5.41) is 7.51. The van der Waals surface area contributed by atoms with E-state index in [1.807, 2.05) is 49.3 Å². The van der Waals surface area contributed by atoms with Crippen molar-refractivity contribution in [2.45, 2.75) is 0 Å². The van der Waals surface area contributed by atoms with Crippen LogP contribution in [0.3, 0.4) is 0 Å². The minimum Gasteiger partial charge on any atom is -0.492 e. The first-order valence-electron chi connectivity index (χ1n) is 12.2. The molecule has 186 valence electrons. The van der Waals surface area contributed by atoms with Crippen LogP contribution in [0, 0.1) is 5.82 Å². The average Bonchev–Trinajstić information content (AvgIpc) is 2.90. The summed E-state index contributed by atoms with van der Waals surface area (Å²) in [6.45, 7) is 5.30. The molecular weight excluding hydrogens is 455 g/mol. The molecule has 0 radical (unpaired) electrons. The fourth-order valence-electron chi connectivity index (χ4n) is 4.29. The lowest BCUT2D eigenvalue weighted by Gasteiger charge is -2.29. The molecule has 4 aromatic rings. The normalized spacial score (nSPS) is 13.8. The summed E-state index contributed by atoms with van der Waals surface area (Å²) < 4.78 is 20.8. The van der Waals surface area contributed by atoms with Gasteiger partial charge in [0.1, 0.15) is 18.2 Å². The predicted molar refractivity (Wildman–Crippen MR) is 144 cm³/mol. The number of aromatic nitrogens is 2. The van der Waals surface area contributed by atoms with Gasteiger partial charge in [-0.1, -0.05) is 18.2 Å². The highest BCUT2D eigenvalue weighted by atomic mass is 19.1. The quantitative estimate of drug-likeness (QED) is 0.379. The third kappa shape index (κ3) is 5.56. The van der Waals surface area contributed by atoms with Gasteiger partial charge in [-0.05, 0) is 56.6 Å². The van der Waals surface area contributed by atoms with E-state index in [4.69, 9.17) is 9.72 Å². The van der Waals surface area contributed by atoms with Crippen molar-refractivity contribution in [1.82, 2.24) is 20.2 Å². The zero-order chi connectivity index (χ0) is 24.9. The number of hydrogen-bond acceptors (Lipinski definition) is 7. The monoisotopic (exact) mass is 486 g/mol. The van der Waals surface area contributed by atoms with E-state index < -0.39 is 0 Å². The molecule has 1 saturated heterocycles. The molecule has 1 fully saturated rings. The second kappa shape index (κ2) is 10.9. The lowest BCUT2D eigenvalue weighted by molar-refractivity contribution is 0.261. The standard InChI is InChI=1S/C28H31FN6O/c1-34(2)16-17-36-23-10-11-26(29)25(18-23)24-5-3-4-20-19-31-28(33-27(20)24)32-21-6-8-22(9-7-21)35-14-12-30-13-15-35/h3-11,18-19,30H,12-17H2,1-2H3,(H,31,32,33). The van der Waals surface area contributed by atoms with Crippen LogP contribution >= 0.6 is 0 Å². The van der Waals surface area contributed by atoms with Crippen molar-refractivity contribution in [2.24, 2.45) is 0 Å². The Morgan fingerprint density at radius 1 is 1.03 bits per heavy atom. The Labute approximate surface area is 210 Å². The van der Waals surface area contributed by atoms with E-state index in [9.17, 15) is 4.39 Å². The first-order chi connectivity index (χ1) is 17.6. The lowest BCUT2D eigenvalue weighted by atomic mass is 10.0. The number of halogens is 1. The predicted octanol–water partition coefficient (Wildman–Crippen LogP) is 4.53. The number of benzene rings is 3. The van der Waals surface area contributed by atoms with Crippen LogP contribution in [0.2, 0.25) is 0 Å². The second-order valence-electron chi connectivity index (χ2n) is 9.14. The number of anilines is 3. The van der Waals surface area contributed by atoms with Crippen molar-refractivity contribution in [1.29, 1.82) is 0 Å². The zero-order valence-electron chi connectivity index (χ0n) is 20.7. The van der Waals surface area contributed by atoms with E-state index in [0.29, 0.717) is 34.9 Å². The van der Waals surface area contributed by atoms with Crippen LogP contribution in [0.5, 0.6) is 5.75 Å². The lowest BCUT2D eigenvalue weighted by Crippen LogP contribution is -2.43. The highest BCUT2D eigenvalue weighted by Crippen LogP contribution is 2.32. The molecule has 0 amide bonds. The van der Waals surface area contributed by atoms with E-state index in [0.717, 1.165) is 43.8 Å². The molecule has 0 aliphatic carbocycles. The first-order valence-corrected chi connectivity index (χ1v) is 12.2. The molecule has 36 heavy (non-hydrogen) atoms. The molecule has 0 atom stereocenters. The van der Waals surface area contributed by atoms with Crippen LogP contribution in [-0.4, -0.2) is 68.3 Å². The Balaban J connectivity index is 1.40. The van der Waals surface area contributed by atoms with E-state index >= 15 is 0 Å². The van der Waals surface area contributed by atoms with Crippen molar-refractivity contribution in [3.8, 4) is 16.9 Å². The van der Waals surface area contributed by atoms with Gasteiger partial charge in [0.2, 0.25) is 5.95 Å². The van der Waals surface area contributed by atoms with E-state index in [1.54, 1.807) is 18.3 Å². The maximum atomic E-state index is 14.9. The van der Waals surface area contributed by atoms with Crippen LogP contribution in [0.4, 0.5) is 21.7 Å². The summed E-state index contributed by atoms with van der Waals surface area (Å²) in [6, 6.07) is 18.8. The highest BCUT2D eigenvalue weighted by molar-refractivity contribution is 5.94. The zero-order valence-corrected chi connectivity index (χ0v) is 20.7. The van der Waals surface area contributed by atoms with Crippen molar-refractivity contribution in [3.63, 3.8) is 0 Å². The van der Waals surface area contributed by atoms with Gasteiger partial charge in [-0.25, -0.2) is 14.4 Å². The topological polar surface area (TPSA) is 65.6 Å². The summed E-state index contributed by atoms with van der Waals surface area (Å²) in [4.78, 5) is 13.7. The first kappa shape index (κ1) is 24.0. The van der Waals surface area contributed by atoms with Gasteiger partial charge in [0.25, 0.3) is 0 Å². The molecule has 5 rings (SSSR count). The molecule has 8 heteroatoms. The van der Waals surface area contributed by atoms with Gasteiger partial charge in [-0.3, -0.25) is 0 Å². The second-order valence-corrected chi connectivity index (χ2v) is 9.14. The molecule has 0 spiro atoms. The Morgan fingerprint density at radius 3 is 2.61 bits per heavy atom. The third-order valence-electron chi connectivity index (χ3n) is 6.25. The van der Waals surface area contributed by atoms with Crippen LogP contribution in [-0.2, 0) is 0 Å². The largest absolute Gasteiger partial charge is 0.492 e. The van der Waals surface area contributed by atoms with Crippen molar-refractivity contribution >= 4 is 28.2 Å². The Morgan fingerprint density at radius 2 is 1.83 bits per heavy atom. The van der Waals surface area contributed by atoms with Crippen molar-refractivity contribution < 1.29 is 9.13 Å². The SMILES string of the molecule is CN(C)CCOc1ccc(F)c(-c2cccc3cnc(Nc4ccc(N5CCNCC5)cc4)nc23)c1. The molecule has 3 aromatic carbocycles. The number of hydrogen-bond donors (Lipinski definition) is 2. The van der Waals surface area contributed by atoms with Gasteiger partial charge in [-0.15, -0.1) is 0 Å². The van der Waals surface area contributed by atoms with Gasteiger partial charge in [0.15, 0.2) is 0 Å². The smallest absolute Gasteiger partial charge is 0.227 e. The maximum absolute atomic E-state index is 14.9. The Kier molecular flexibility index (Phi) is 7.25. The Hall–Kier alpha value is -3.75. The summed E-state index contributed by atoms with van der Waals surface area (Å²) in [7, 11) is 3.98. The minimum absolute atomic E-state index is 0.320. The number of nitrogens with one attached hydrogen (secondary N) is 2. The molecule has 2 heterocycles. The Bertz CT molecular complexity index is 1320. The number of likely N-dealkylation sites (N-methyl/N-ethyl adjacent to an activating group) is 1. The van der Waals surface area contributed by atoms with Crippen LogP contribution in [0.15, 0.2) is 66.9 Å². The fourth-order valence-corrected chi connectivity index (χ4v) is 4.29. The molecule has 0 bridgehead atoms. The van der Waals surface area contributed by atoms with Gasteiger partial charge in [0, 0.05) is 66.8 Å². The van der Waals surface area contributed by atoms with Gasteiger partial charge < -0.3 is 25.2 Å². The van der Waals surface area contributed by atoms with E-state index in [1.165, 1.54) is 11.8 Å². The number of para-hydroxylation sites is 1. The molecule has 2 N–H and O–H groups in total. The number of nitrogens with zero attached hydrogens (tertiary/aromatic N) is 4. The average molecular weight is 487 g/mol. The molecule has 0 saturated carbocycles. The van der Waals surface area contributed by atoms with Gasteiger partial charge in [0.05, 0.1) is 5.52 Å².